The van der Waals surface area contributed by atoms with Crippen LogP contribution in [0.4, 0.5) is 5.69 Å². The van der Waals surface area contributed by atoms with Crippen LogP contribution < -0.4 is 15.6 Å². The molecule has 3 heterocycles. The molecule has 0 aliphatic rings. The summed E-state index contributed by atoms with van der Waals surface area (Å²) < 4.78 is 6.62. The van der Waals surface area contributed by atoms with Crippen LogP contribution in [0.3, 0.4) is 0 Å². The number of methoxy groups -OCH3 is 1. The Balaban J connectivity index is 1.47. The number of aryl methyl sites for hydroxylation is 3. The maximum Gasteiger partial charge on any atom is 0.262 e. The summed E-state index contributed by atoms with van der Waals surface area (Å²) in [4.78, 5) is 35.7. The number of hydrogen-bond acceptors (Lipinski definition) is 6. The molecule has 0 fully saturated rings. The van der Waals surface area contributed by atoms with Crippen LogP contribution in [0.15, 0.2) is 41.5 Å². The lowest BCUT2D eigenvalue weighted by Crippen LogP contribution is -2.23. The van der Waals surface area contributed by atoms with Crippen LogP contribution in [-0.4, -0.2) is 27.6 Å². The predicted octanol–water partition coefficient (Wildman–Crippen LogP) is 3.66. The number of amides is 1. The maximum atomic E-state index is 12.7. The molecule has 0 radical (unpaired) electrons. The number of rotatable bonds is 5. The van der Waals surface area contributed by atoms with Crippen molar-refractivity contribution in [2.45, 2.75) is 26.8 Å². The van der Waals surface area contributed by atoms with Crippen molar-refractivity contribution in [2.24, 2.45) is 0 Å². The molecule has 29 heavy (non-hydrogen) atoms. The normalized spacial score (nSPS) is 11.1. The number of nitrogens with zero attached hydrogens (tertiary/aromatic N) is 3. The molecule has 0 unspecified atom stereocenters. The van der Waals surface area contributed by atoms with Gasteiger partial charge in [0.2, 0.25) is 11.8 Å². The zero-order valence-electron chi connectivity index (χ0n) is 16.4. The summed E-state index contributed by atoms with van der Waals surface area (Å²) in [5, 5.41) is 4.42. The molecule has 148 valence electrons. The maximum absolute atomic E-state index is 12.7. The van der Waals surface area contributed by atoms with Crippen LogP contribution in [-0.2, 0) is 11.3 Å². The van der Waals surface area contributed by atoms with Gasteiger partial charge in [0.25, 0.3) is 5.56 Å². The second-order valence-corrected chi connectivity index (χ2v) is 7.97. The van der Waals surface area contributed by atoms with Gasteiger partial charge in [0.15, 0.2) is 0 Å². The van der Waals surface area contributed by atoms with Crippen LogP contribution in [0.25, 0.3) is 21.1 Å². The van der Waals surface area contributed by atoms with E-state index in [0.717, 1.165) is 26.2 Å². The molecule has 8 heteroatoms. The Hall–Kier alpha value is -3.26. The lowest BCUT2D eigenvalue weighted by Gasteiger charge is -2.08. The highest BCUT2D eigenvalue weighted by Gasteiger charge is 2.13. The molecule has 3 aromatic heterocycles. The first-order valence-electron chi connectivity index (χ1n) is 9.16. The Kier molecular flexibility index (Phi) is 5.02. The van der Waals surface area contributed by atoms with Crippen molar-refractivity contribution in [1.29, 1.82) is 0 Å². The average molecular weight is 408 g/mol. The van der Waals surface area contributed by atoms with Gasteiger partial charge in [-0.2, -0.15) is 0 Å². The Bertz CT molecular complexity index is 1290. The van der Waals surface area contributed by atoms with Gasteiger partial charge < -0.3 is 10.1 Å². The first kappa shape index (κ1) is 19.1. The fourth-order valence-corrected chi connectivity index (χ4v) is 4.16. The lowest BCUT2D eigenvalue weighted by molar-refractivity contribution is -0.116. The Morgan fingerprint density at radius 2 is 2.07 bits per heavy atom. The van der Waals surface area contributed by atoms with Crippen molar-refractivity contribution >= 4 is 44.1 Å². The minimum atomic E-state index is -0.170. The monoisotopic (exact) mass is 408 g/mol. The van der Waals surface area contributed by atoms with Crippen molar-refractivity contribution in [2.75, 3.05) is 12.4 Å². The summed E-state index contributed by atoms with van der Waals surface area (Å²) in [6.45, 7) is 4.18. The first-order chi connectivity index (χ1) is 14.0. The van der Waals surface area contributed by atoms with E-state index in [1.807, 2.05) is 32.0 Å². The first-order valence-corrected chi connectivity index (χ1v) is 9.97. The van der Waals surface area contributed by atoms with E-state index >= 15 is 0 Å². The van der Waals surface area contributed by atoms with Crippen molar-refractivity contribution in [1.82, 2.24) is 14.5 Å². The number of benzene rings is 1. The number of pyridine rings is 1. The number of ether oxygens (including phenoxy) is 1. The van der Waals surface area contributed by atoms with E-state index < -0.39 is 0 Å². The summed E-state index contributed by atoms with van der Waals surface area (Å²) in [7, 11) is 1.57. The molecule has 0 spiro atoms. The Morgan fingerprint density at radius 3 is 2.86 bits per heavy atom. The van der Waals surface area contributed by atoms with Gasteiger partial charge in [0.05, 0.1) is 24.3 Å². The quantitative estimate of drug-likeness (QED) is 0.545. The van der Waals surface area contributed by atoms with Crippen molar-refractivity contribution in [3.63, 3.8) is 0 Å². The molecule has 0 bridgehead atoms. The molecule has 0 aliphatic carbocycles. The van der Waals surface area contributed by atoms with Crippen LogP contribution >= 0.6 is 11.3 Å². The Morgan fingerprint density at radius 1 is 1.24 bits per heavy atom. The molecule has 1 N–H and O–H groups in total. The number of thiophene rings is 1. The summed E-state index contributed by atoms with van der Waals surface area (Å²) >= 11 is 1.51. The molecular formula is C21H20N4O3S. The van der Waals surface area contributed by atoms with Gasteiger partial charge in [-0.3, -0.25) is 14.2 Å². The van der Waals surface area contributed by atoms with Gasteiger partial charge in [-0.25, -0.2) is 9.97 Å². The third-order valence-electron chi connectivity index (χ3n) is 4.89. The van der Waals surface area contributed by atoms with E-state index in [2.05, 4.69) is 15.3 Å². The van der Waals surface area contributed by atoms with Crippen LogP contribution in [0.1, 0.15) is 16.9 Å². The van der Waals surface area contributed by atoms with Crippen molar-refractivity contribution in [3.05, 3.63) is 57.5 Å². The van der Waals surface area contributed by atoms with Gasteiger partial charge in [0, 0.05) is 35.0 Å². The fourth-order valence-electron chi connectivity index (χ4n) is 3.17. The molecule has 1 amide bonds. The molecule has 4 rings (SSSR count). The second-order valence-electron chi connectivity index (χ2n) is 6.77. The van der Waals surface area contributed by atoms with E-state index in [4.69, 9.17) is 4.74 Å². The Labute approximate surface area is 171 Å². The topological polar surface area (TPSA) is 86.1 Å². The third-order valence-corrected chi connectivity index (χ3v) is 6.01. The lowest BCUT2D eigenvalue weighted by atomic mass is 10.2. The molecule has 0 atom stereocenters. The van der Waals surface area contributed by atoms with Gasteiger partial charge in [0.1, 0.15) is 4.83 Å². The van der Waals surface area contributed by atoms with E-state index in [1.54, 1.807) is 19.2 Å². The molecule has 7 nitrogen and oxygen atoms in total. The smallest absolute Gasteiger partial charge is 0.262 e. The number of nitrogens with one attached hydrogen (secondary N) is 1. The highest BCUT2D eigenvalue weighted by atomic mass is 32.1. The van der Waals surface area contributed by atoms with Gasteiger partial charge in [-0.1, -0.05) is 0 Å². The number of fused-ring (bicyclic) bond motifs is 2. The molecule has 1 aromatic carbocycles. The number of aromatic nitrogens is 3. The predicted molar refractivity (Wildman–Crippen MR) is 115 cm³/mol. The molecule has 4 aromatic rings. The second kappa shape index (κ2) is 7.63. The van der Waals surface area contributed by atoms with Gasteiger partial charge in [-0.15, -0.1) is 11.3 Å². The molecule has 0 saturated carbocycles. The number of carbonyl (C=O) groups excluding carboxylic acids is 1. The third kappa shape index (κ3) is 3.71. The van der Waals surface area contributed by atoms with Gasteiger partial charge >= 0.3 is 0 Å². The van der Waals surface area contributed by atoms with Crippen LogP contribution in [0.2, 0.25) is 0 Å². The zero-order valence-corrected chi connectivity index (χ0v) is 17.2. The summed E-state index contributed by atoms with van der Waals surface area (Å²) in [6, 6.07) is 9.15. The van der Waals surface area contributed by atoms with E-state index in [9.17, 15) is 9.59 Å². The number of anilines is 1. The number of hydrogen-bond donors (Lipinski definition) is 1. The summed E-state index contributed by atoms with van der Waals surface area (Å²) in [6.07, 6.45) is 1.69. The fraction of sp³-hybridized carbons (Fsp3) is 0.238. The largest absolute Gasteiger partial charge is 0.481 e. The highest BCUT2D eigenvalue weighted by Crippen LogP contribution is 2.25. The highest BCUT2D eigenvalue weighted by molar-refractivity contribution is 7.18. The zero-order chi connectivity index (χ0) is 20.5. The molecule has 0 saturated heterocycles. The molecule has 0 aliphatic heterocycles. The van der Waals surface area contributed by atoms with Crippen LogP contribution in [0.5, 0.6) is 5.88 Å². The summed E-state index contributed by atoms with van der Waals surface area (Å²) in [5.41, 5.74) is 2.33. The summed E-state index contributed by atoms with van der Waals surface area (Å²) in [5.74, 6) is 0.373. The average Bonchev–Trinajstić information content (AvgIpc) is 3.01. The van der Waals surface area contributed by atoms with E-state index in [1.165, 1.54) is 22.2 Å². The number of carbonyl (C=O) groups is 1. The SMILES string of the molecule is COc1ccc2cc(NC(=O)CCn3cnc4sc(C)c(C)c4c3=O)ccc2n1. The minimum absolute atomic E-state index is 0.102. The van der Waals surface area contributed by atoms with Crippen molar-refractivity contribution < 1.29 is 9.53 Å². The standard InChI is InChI=1S/C21H20N4O3S/c1-12-13(2)29-20-19(12)21(27)25(11-22-20)9-8-17(26)23-15-5-6-16-14(10-15)4-7-18(24-16)28-3/h4-7,10-11H,8-9H2,1-3H3,(H,23,26). The van der Waals surface area contributed by atoms with E-state index in [-0.39, 0.29) is 24.4 Å². The van der Waals surface area contributed by atoms with Crippen LogP contribution in [0, 0.1) is 13.8 Å². The van der Waals surface area contributed by atoms with E-state index in [0.29, 0.717) is 17.0 Å². The minimum Gasteiger partial charge on any atom is -0.481 e. The van der Waals surface area contributed by atoms with Gasteiger partial charge in [-0.05, 0) is 43.7 Å². The van der Waals surface area contributed by atoms with Crippen molar-refractivity contribution in [3.8, 4) is 5.88 Å². The molecular weight excluding hydrogens is 388 g/mol.